The average Bonchev–Trinajstić information content (AvgIpc) is 2.99. The van der Waals surface area contributed by atoms with Gasteiger partial charge in [-0.3, -0.25) is 10.1 Å². The molecular weight excluding hydrogens is 302 g/mol. The van der Waals surface area contributed by atoms with E-state index in [0.717, 1.165) is 36.6 Å². The molecule has 2 aromatic rings. The van der Waals surface area contributed by atoms with Crippen molar-refractivity contribution in [1.82, 2.24) is 25.4 Å². The van der Waals surface area contributed by atoms with Crippen LogP contribution in [0.3, 0.4) is 0 Å². The first-order valence-electron chi connectivity index (χ1n) is 8.65. The standard InChI is InChI=1S/C18H25N5O/c1-13(2)20-18(24)17(14-8-4-3-5-9-14)19-12-16-22-21-15-10-6-7-11-23(15)16/h3-5,8-9,13,17,19H,6-7,10-12H2,1-2H3,(H,20,24)/t17-/m1/s1. The van der Waals surface area contributed by atoms with Gasteiger partial charge >= 0.3 is 0 Å². The first-order chi connectivity index (χ1) is 11.6. The highest BCUT2D eigenvalue weighted by atomic mass is 16.2. The molecule has 3 rings (SSSR count). The highest BCUT2D eigenvalue weighted by Crippen LogP contribution is 2.17. The number of nitrogens with zero attached hydrogens (tertiary/aromatic N) is 3. The Morgan fingerprint density at radius 3 is 2.75 bits per heavy atom. The van der Waals surface area contributed by atoms with Gasteiger partial charge in [-0.2, -0.15) is 0 Å². The van der Waals surface area contributed by atoms with Crippen molar-refractivity contribution in [3.63, 3.8) is 0 Å². The van der Waals surface area contributed by atoms with E-state index in [2.05, 4.69) is 25.4 Å². The van der Waals surface area contributed by atoms with Gasteiger partial charge < -0.3 is 9.88 Å². The maximum Gasteiger partial charge on any atom is 0.241 e. The molecular formula is C18H25N5O. The van der Waals surface area contributed by atoms with Gasteiger partial charge in [0.25, 0.3) is 0 Å². The number of amides is 1. The number of aryl methyl sites for hydroxylation is 1. The van der Waals surface area contributed by atoms with Crippen LogP contribution in [0.4, 0.5) is 0 Å². The molecule has 0 radical (unpaired) electrons. The first-order valence-corrected chi connectivity index (χ1v) is 8.65. The van der Waals surface area contributed by atoms with Crippen LogP contribution >= 0.6 is 0 Å². The number of fused-ring (bicyclic) bond motifs is 1. The van der Waals surface area contributed by atoms with Crippen LogP contribution in [-0.2, 0) is 24.3 Å². The summed E-state index contributed by atoms with van der Waals surface area (Å²) in [6, 6.07) is 9.50. The third kappa shape index (κ3) is 3.82. The summed E-state index contributed by atoms with van der Waals surface area (Å²) in [6.07, 6.45) is 3.33. The van der Waals surface area contributed by atoms with Crippen molar-refractivity contribution >= 4 is 5.91 Å². The zero-order chi connectivity index (χ0) is 16.9. The molecule has 1 atom stereocenters. The summed E-state index contributed by atoms with van der Waals surface area (Å²) in [6.45, 7) is 5.43. The fourth-order valence-electron chi connectivity index (χ4n) is 3.07. The minimum atomic E-state index is -0.398. The highest BCUT2D eigenvalue weighted by molar-refractivity contribution is 5.83. The van der Waals surface area contributed by atoms with Crippen molar-refractivity contribution in [3.05, 3.63) is 47.5 Å². The van der Waals surface area contributed by atoms with Crippen LogP contribution in [0, 0.1) is 0 Å². The molecule has 128 valence electrons. The predicted molar refractivity (Wildman–Crippen MR) is 92.3 cm³/mol. The molecule has 6 heteroatoms. The van der Waals surface area contributed by atoms with Gasteiger partial charge in [0.05, 0.1) is 6.54 Å². The number of carbonyl (C=O) groups excluding carboxylic acids is 1. The molecule has 1 aliphatic rings. The molecule has 6 nitrogen and oxygen atoms in total. The zero-order valence-electron chi connectivity index (χ0n) is 14.3. The van der Waals surface area contributed by atoms with Crippen LogP contribution in [0.5, 0.6) is 0 Å². The lowest BCUT2D eigenvalue weighted by molar-refractivity contribution is -0.123. The van der Waals surface area contributed by atoms with E-state index in [1.54, 1.807) is 0 Å². The molecule has 0 saturated carbocycles. The Balaban J connectivity index is 1.74. The molecule has 0 aliphatic carbocycles. The number of hydrogen-bond donors (Lipinski definition) is 2. The van der Waals surface area contributed by atoms with Crippen LogP contribution in [0.15, 0.2) is 30.3 Å². The van der Waals surface area contributed by atoms with E-state index in [-0.39, 0.29) is 11.9 Å². The maximum absolute atomic E-state index is 12.6. The quantitative estimate of drug-likeness (QED) is 0.851. The van der Waals surface area contributed by atoms with Gasteiger partial charge in [0, 0.05) is 19.0 Å². The van der Waals surface area contributed by atoms with E-state index in [1.165, 1.54) is 6.42 Å². The fraction of sp³-hybridized carbons (Fsp3) is 0.500. The Bertz CT molecular complexity index is 680. The molecule has 2 N–H and O–H groups in total. The SMILES string of the molecule is CC(C)NC(=O)[C@H](NCc1nnc2n1CCCC2)c1ccccc1. The van der Waals surface area contributed by atoms with Gasteiger partial charge in [-0.25, -0.2) is 0 Å². The molecule has 2 heterocycles. The lowest BCUT2D eigenvalue weighted by atomic mass is 10.1. The third-order valence-corrected chi connectivity index (χ3v) is 4.23. The lowest BCUT2D eigenvalue weighted by Crippen LogP contribution is -2.40. The summed E-state index contributed by atoms with van der Waals surface area (Å²) in [7, 11) is 0. The number of hydrogen-bond acceptors (Lipinski definition) is 4. The summed E-state index contributed by atoms with van der Waals surface area (Å²) in [5.41, 5.74) is 0.953. The number of aromatic nitrogens is 3. The van der Waals surface area contributed by atoms with E-state index >= 15 is 0 Å². The number of benzene rings is 1. The minimum Gasteiger partial charge on any atom is -0.352 e. The third-order valence-electron chi connectivity index (χ3n) is 4.23. The number of nitrogens with one attached hydrogen (secondary N) is 2. The zero-order valence-corrected chi connectivity index (χ0v) is 14.3. The Hall–Kier alpha value is -2.21. The highest BCUT2D eigenvalue weighted by Gasteiger charge is 2.22. The van der Waals surface area contributed by atoms with Crippen molar-refractivity contribution in [3.8, 4) is 0 Å². The van der Waals surface area contributed by atoms with Crippen molar-refractivity contribution in [2.75, 3.05) is 0 Å². The molecule has 1 aliphatic heterocycles. The van der Waals surface area contributed by atoms with Crippen LogP contribution < -0.4 is 10.6 Å². The molecule has 0 spiro atoms. The average molecular weight is 327 g/mol. The summed E-state index contributed by atoms with van der Waals surface area (Å²) in [5, 5.41) is 14.9. The Labute approximate surface area is 142 Å². The smallest absolute Gasteiger partial charge is 0.241 e. The minimum absolute atomic E-state index is 0.0189. The largest absolute Gasteiger partial charge is 0.352 e. The van der Waals surface area contributed by atoms with Crippen molar-refractivity contribution in [2.45, 2.75) is 58.3 Å². The van der Waals surface area contributed by atoms with E-state index in [4.69, 9.17) is 0 Å². The van der Waals surface area contributed by atoms with Gasteiger partial charge in [-0.15, -0.1) is 10.2 Å². The van der Waals surface area contributed by atoms with Crippen LogP contribution in [0.25, 0.3) is 0 Å². The first kappa shape index (κ1) is 16.6. The van der Waals surface area contributed by atoms with Crippen LogP contribution in [-0.4, -0.2) is 26.7 Å². The summed E-state index contributed by atoms with van der Waals surface area (Å²) in [5.74, 6) is 1.94. The molecule has 0 unspecified atom stereocenters. The molecule has 0 saturated heterocycles. The second-order valence-electron chi connectivity index (χ2n) is 6.53. The summed E-state index contributed by atoms with van der Waals surface area (Å²) in [4.78, 5) is 12.6. The Morgan fingerprint density at radius 2 is 2.00 bits per heavy atom. The Kier molecular flexibility index (Phi) is 5.25. The molecule has 1 amide bonds. The maximum atomic E-state index is 12.6. The van der Waals surface area contributed by atoms with Crippen LogP contribution in [0.2, 0.25) is 0 Å². The van der Waals surface area contributed by atoms with Gasteiger partial charge in [0.2, 0.25) is 5.91 Å². The fourth-order valence-corrected chi connectivity index (χ4v) is 3.07. The monoisotopic (exact) mass is 327 g/mol. The molecule has 24 heavy (non-hydrogen) atoms. The molecule has 1 aromatic carbocycles. The van der Waals surface area contributed by atoms with Gasteiger partial charge in [0.1, 0.15) is 17.7 Å². The normalized spacial score (nSPS) is 15.1. The van der Waals surface area contributed by atoms with Gasteiger partial charge in [-0.05, 0) is 32.3 Å². The summed E-state index contributed by atoms with van der Waals surface area (Å²) >= 11 is 0. The summed E-state index contributed by atoms with van der Waals surface area (Å²) < 4.78 is 2.18. The molecule has 1 aromatic heterocycles. The van der Waals surface area contributed by atoms with E-state index in [1.807, 2.05) is 44.2 Å². The van der Waals surface area contributed by atoms with Gasteiger partial charge in [-0.1, -0.05) is 30.3 Å². The van der Waals surface area contributed by atoms with E-state index in [9.17, 15) is 4.79 Å². The van der Waals surface area contributed by atoms with Crippen molar-refractivity contribution in [1.29, 1.82) is 0 Å². The number of rotatable bonds is 6. The number of carbonyl (C=O) groups is 1. The van der Waals surface area contributed by atoms with Gasteiger partial charge in [0.15, 0.2) is 0 Å². The van der Waals surface area contributed by atoms with Crippen molar-refractivity contribution < 1.29 is 4.79 Å². The second-order valence-corrected chi connectivity index (χ2v) is 6.53. The van der Waals surface area contributed by atoms with Crippen molar-refractivity contribution in [2.24, 2.45) is 0 Å². The molecule has 0 fully saturated rings. The van der Waals surface area contributed by atoms with E-state index in [0.29, 0.717) is 6.54 Å². The second kappa shape index (κ2) is 7.57. The topological polar surface area (TPSA) is 71.8 Å². The predicted octanol–water partition coefficient (Wildman–Crippen LogP) is 1.97. The lowest BCUT2D eigenvalue weighted by Gasteiger charge is -2.21. The Morgan fingerprint density at radius 1 is 1.21 bits per heavy atom. The van der Waals surface area contributed by atoms with Crippen LogP contribution in [0.1, 0.15) is 49.9 Å². The molecule has 0 bridgehead atoms. The van der Waals surface area contributed by atoms with E-state index < -0.39 is 6.04 Å².